The standard InChI is InChI=1S/C13H12O4/c1-2-16-8-17-12-7-11(14)9-5-3-4-6-10(9)13(12)15/h3-7H,2,8H2,1H3. The van der Waals surface area contributed by atoms with Gasteiger partial charge in [0.25, 0.3) is 0 Å². The number of rotatable bonds is 4. The maximum absolute atomic E-state index is 12.0. The van der Waals surface area contributed by atoms with E-state index in [-0.39, 0.29) is 24.1 Å². The van der Waals surface area contributed by atoms with E-state index in [1.54, 1.807) is 24.3 Å². The maximum Gasteiger partial charge on any atom is 0.228 e. The molecule has 0 atom stereocenters. The first-order valence-corrected chi connectivity index (χ1v) is 5.34. The van der Waals surface area contributed by atoms with Crippen LogP contribution in [0.5, 0.6) is 0 Å². The fraction of sp³-hybridized carbons (Fsp3) is 0.231. The molecule has 0 radical (unpaired) electrons. The highest BCUT2D eigenvalue weighted by Crippen LogP contribution is 2.21. The van der Waals surface area contributed by atoms with E-state index in [1.165, 1.54) is 6.08 Å². The second kappa shape index (κ2) is 4.93. The summed E-state index contributed by atoms with van der Waals surface area (Å²) in [6.07, 6.45) is 1.21. The molecule has 0 saturated heterocycles. The van der Waals surface area contributed by atoms with Gasteiger partial charge in [0.05, 0.1) is 0 Å². The lowest BCUT2D eigenvalue weighted by Crippen LogP contribution is -2.19. The lowest BCUT2D eigenvalue weighted by molar-refractivity contribution is -0.0169. The van der Waals surface area contributed by atoms with Crippen LogP contribution in [0.3, 0.4) is 0 Å². The zero-order valence-corrected chi connectivity index (χ0v) is 9.43. The van der Waals surface area contributed by atoms with Crippen molar-refractivity contribution in [1.29, 1.82) is 0 Å². The van der Waals surface area contributed by atoms with Crippen molar-refractivity contribution in [1.82, 2.24) is 0 Å². The largest absolute Gasteiger partial charge is 0.463 e. The van der Waals surface area contributed by atoms with E-state index in [0.717, 1.165) is 0 Å². The topological polar surface area (TPSA) is 52.6 Å². The van der Waals surface area contributed by atoms with Crippen molar-refractivity contribution >= 4 is 11.6 Å². The van der Waals surface area contributed by atoms with E-state index in [4.69, 9.17) is 9.47 Å². The molecule has 1 aromatic rings. The molecular weight excluding hydrogens is 220 g/mol. The molecule has 0 heterocycles. The average Bonchev–Trinajstić information content (AvgIpc) is 2.36. The Kier molecular flexibility index (Phi) is 3.35. The molecule has 4 nitrogen and oxygen atoms in total. The minimum atomic E-state index is -0.278. The van der Waals surface area contributed by atoms with Crippen molar-refractivity contribution < 1.29 is 19.1 Å². The van der Waals surface area contributed by atoms with Crippen molar-refractivity contribution in [2.45, 2.75) is 6.92 Å². The molecule has 0 N–H and O–H groups in total. The number of fused-ring (bicyclic) bond motifs is 1. The lowest BCUT2D eigenvalue weighted by atomic mass is 9.94. The fourth-order valence-electron chi connectivity index (χ4n) is 1.59. The molecule has 88 valence electrons. The zero-order valence-electron chi connectivity index (χ0n) is 9.43. The van der Waals surface area contributed by atoms with E-state index in [2.05, 4.69) is 0 Å². The Labute approximate surface area is 98.8 Å². The molecule has 1 aliphatic carbocycles. The summed E-state index contributed by atoms with van der Waals surface area (Å²) in [5, 5.41) is 0. The minimum Gasteiger partial charge on any atom is -0.463 e. The highest BCUT2D eigenvalue weighted by molar-refractivity contribution is 6.23. The van der Waals surface area contributed by atoms with Crippen LogP contribution >= 0.6 is 0 Å². The van der Waals surface area contributed by atoms with Gasteiger partial charge in [-0.05, 0) is 6.92 Å². The van der Waals surface area contributed by atoms with Gasteiger partial charge in [-0.25, -0.2) is 0 Å². The molecule has 1 aliphatic rings. The summed E-state index contributed by atoms with van der Waals surface area (Å²) in [4.78, 5) is 23.7. The molecule has 0 bridgehead atoms. The van der Waals surface area contributed by atoms with E-state index in [1.807, 2.05) is 6.92 Å². The molecule has 0 aromatic heterocycles. The molecule has 17 heavy (non-hydrogen) atoms. The van der Waals surface area contributed by atoms with Crippen LogP contribution in [0.15, 0.2) is 36.1 Å². The summed E-state index contributed by atoms with van der Waals surface area (Å²) in [7, 11) is 0. The number of ketones is 2. The number of allylic oxidation sites excluding steroid dienone is 2. The Morgan fingerprint density at radius 1 is 1.12 bits per heavy atom. The molecule has 0 aliphatic heterocycles. The van der Waals surface area contributed by atoms with Crippen molar-refractivity contribution in [2.75, 3.05) is 13.4 Å². The van der Waals surface area contributed by atoms with Crippen LogP contribution in [-0.2, 0) is 9.47 Å². The van der Waals surface area contributed by atoms with E-state index < -0.39 is 0 Å². The highest BCUT2D eigenvalue weighted by atomic mass is 16.7. The first kappa shape index (κ1) is 11.5. The predicted molar refractivity (Wildman–Crippen MR) is 60.8 cm³/mol. The molecule has 4 heteroatoms. The minimum absolute atomic E-state index is 0.0243. The Morgan fingerprint density at radius 2 is 1.82 bits per heavy atom. The van der Waals surface area contributed by atoms with Crippen LogP contribution in [0.1, 0.15) is 27.6 Å². The van der Waals surface area contributed by atoms with Gasteiger partial charge in [0.15, 0.2) is 18.3 Å². The zero-order chi connectivity index (χ0) is 12.3. The number of carbonyl (C=O) groups excluding carboxylic acids is 2. The van der Waals surface area contributed by atoms with Crippen molar-refractivity contribution in [3.8, 4) is 0 Å². The van der Waals surface area contributed by atoms with Gasteiger partial charge in [0.2, 0.25) is 5.78 Å². The number of ether oxygens (including phenoxy) is 2. The van der Waals surface area contributed by atoms with Gasteiger partial charge >= 0.3 is 0 Å². The number of hydrogen-bond donors (Lipinski definition) is 0. The SMILES string of the molecule is CCOCOC1=CC(=O)c2ccccc2C1=O. The number of benzene rings is 1. The summed E-state index contributed by atoms with van der Waals surface area (Å²) >= 11 is 0. The lowest BCUT2D eigenvalue weighted by Gasteiger charge is -2.15. The third-order valence-corrected chi connectivity index (χ3v) is 2.43. The number of carbonyl (C=O) groups is 2. The molecular formula is C13H12O4. The predicted octanol–water partition coefficient (Wildman–Crippen LogP) is 1.96. The fourth-order valence-corrected chi connectivity index (χ4v) is 1.59. The Balaban J connectivity index is 2.23. The van der Waals surface area contributed by atoms with Crippen LogP contribution in [-0.4, -0.2) is 25.0 Å². The monoisotopic (exact) mass is 232 g/mol. The highest BCUT2D eigenvalue weighted by Gasteiger charge is 2.26. The molecule has 1 aromatic carbocycles. The molecule has 0 spiro atoms. The molecule has 0 saturated carbocycles. The first-order valence-electron chi connectivity index (χ1n) is 5.34. The Hall–Kier alpha value is -1.94. The number of Topliss-reactive ketones (excluding diaryl/α,β-unsaturated/α-hetero) is 1. The third-order valence-electron chi connectivity index (χ3n) is 2.43. The van der Waals surface area contributed by atoms with Gasteiger partial charge in [-0.1, -0.05) is 24.3 Å². The molecule has 0 fully saturated rings. The third kappa shape index (κ3) is 2.26. The average molecular weight is 232 g/mol. The van der Waals surface area contributed by atoms with Gasteiger partial charge < -0.3 is 9.47 Å². The van der Waals surface area contributed by atoms with Crippen LogP contribution < -0.4 is 0 Å². The van der Waals surface area contributed by atoms with Crippen LogP contribution in [0.2, 0.25) is 0 Å². The normalized spacial score (nSPS) is 14.3. The van der Waals surface area contributed by atoms with Crippen LogP contribution in [0.4, 0.5) is 0 Å². The number of hydrogen-bond acceptors (Lipinski definition) is 4. The van der Waals surface area contributed by atoms with E-state index in [9.17, 15) is 9.59 Å². The van der Waals surface area contributed by atoms with E-state index >= 15 is 0 Å². The maximum atomic E-state index is 12.0. The van der Waals surface area contributed by atoms with Crippen LogP contribution in [0.25, 0.3) is 0 Å². The van der Waals surface area contributed by atoms with Crippen molar-refractivity contribution in [3.63, 3.8) is 0 Å². The smallest absolute Gasteiger partial charge is 0.228 e. The van der Waals surface area contributed by atoms with Crippen molar-refractivity contribution in [2.24, 2.45) is 0 Å². The van der Waals surface area contributed by atoms with Gasteiger partial charge in [-0.3, -0.25) is 9.59 Å². The first-order chi connectivity index (χ1) is 8.24. The molecule has 0 amide bonds. The van der Waals surface area contributed by atoms with Crippen molar-refractivity contribution in [3.05, 3.63) is 47.2 Å². The summed E-state index contributed by atoms with van der Waals surface area (Å²) in [6.45, 7) is 2.29. The van der Waals surface area contributed by atoms with Gasteiger partial charge in [0.1, 0.15) is 0 Å². The second-order valence-electron chi connectivity index (χ2n) is 3.50. The Morgan fingerprint density at radius 3 is 2.53 bits per heavy atom. The molecule has 2 rings (SSSR count). The van der Waals surface area contributed by atoms with Gasteiger partial charge in [-0.15, -0.1) is 0 Å². The summed E-state index contributed by atoms with van der Waals surface area (Å²) < 4.78 is 10.1. The summed E-state index contributed by atoms with van der Waals surface area (Å²) in [5.41, 5.74) is 0.799. The quantitative estimate of drug-likeness (QED) is 0.588. The van der Waals surface area contributed by atoms with Gasteiger partial charge in [-0.2, -0.15) is 0 Å². The summed E-state index contributed by atoms with van der Waals surface area (Å²) in [5.74, 6) is -0.450. The van der Waals surface area contributed by atoms with Gasteiger partial charge in [0, 0.05) is 23.8 Å². The molecule has 0 unspecified atom stereocenters. The second-order valence-corrected chi connectivity index (χ2v) is 3.50. The van der Waals surface area contributed by atoms with E-state index in [0.29, 0.717) is 17.7 Å². The van der Waals surface area contributed by atoms with Crippen LogP contribution in [0, 0.1) is 0 Å². The summed E-state index contributed by atoms with van der Waals surface area (Å²) in [6, 6.07) is 6.69. The Bertz CT molecular complexity index is 488.